The predicted molar refractivity (Wildman–Crippen MR) is 141 cm³/mol. The van der Waals surface area contributed by atoms with E-state index in [9.17, 15) is 19.2 Å². The molecule has 8 nitrogen and oxygen atoms in total. The lowest BCUT2D eigenvalue weighted by Crippen LogP contribution is -2.27. The van der Waals surface area contributed by atoms with Gasteiger partial charge in [-0.3, -0.25) is 4.79 Å². The minimum absolute atomic E-state index is 0.203. The molecule has 8 heteroatoms. The van der Waals surface area contributed by atoms with Crippen LogP contribution in [0.25, 0.3) is 0 Å². The topological polar surface area (TPSA) is 105 Å². The highest BCUT2D eigenvalue weighted by atomic mass is 16.6. The molecule has 2 saturated carbocycles. The Hall–Kier alpha value is -3.94. The standard InChI is InChI=1S/C31H34O8/c1-21(29(33)39-28(23-14-6-3-7-15-23)31(35)37-25-18-10-11-19-25)20-26(32)38-27(22-12-4-2-5-13-22)30(34)36-24-16-8-9-17-24/h2-7,12-15,24-25,27-28H,1,8-11,16-20H2. The van der Waals surface area contributed by atoms with Gasteiger partial charge in [-0.2, -0.15) is 0 Å². The van der Waals surface area contributed by atoms with Crippen LogP contribution >= 0.6 is 0 Å². The molecule has 39 heavy (non-hydrogen) atoms. The van der Waals surface area contributed by atoms with Gasteiger partial charge in [0.2, 0.25) is 12.2 Å². The zero-order valence-corrected chi connectivity index (χ0v) is 21.9. The highest BCUT2D eigenvalue weighted by Crippen LogP contribution is 2.28. The summed E-state index contributed by atoms with van der Waals surface area (Å²) in [4.78, 5) is 51.5. The van der Waals surface area contributed by atoms with Gasteiger partial charge in [0.15, 0.2) is 0 Å². The zero-order chi connectivity index (χ0) is 27.6. The van der Waals surface area contributed by atoms with Crippen LogP contribution in [0, 0.1) is 0 Å². The molecular weight excluding hydrogens is 500 g/mol. The first-order valence-electron chi connectivity index (χ1n) is 13.5. The molecule has 0 radical (unpaired) electrons. The number of carbonyl (C=O) groups excluding carboxylic acids is 4. The molecule has 0 heterocycles. The van der Waals surface area contributed by atoms with Crippen LogP contribution in [-0.2, 0) is 38.1 Å². The maximum Gasteiger partial charge on any atom is 0.352 e. The number of carbonyl (C=O) groups is 4. The summed E-state index contributed by atoms with van der Waals surface area (Å²) in [5.74, 6) is -3.11. The van der Waals surface area contributed by atoms with Gasteiger partial charge in [0.05, 0.1) is 6.42 Å². The molecular formula is C31H34O8. The lowest BCUT2D eigenvalue weighted by atomic mass is 10.1. The second-order valence-corrected chi connectivity index (χ2v) is 9.94. The van der Waals surface area contributed by atoms with Gasteiger partial charge in [-0.05, 0) is 51.4 Å². The molecule has 0 aliphatic heterocycles. The van der Waals surface area contributed by atoms with Gasteiger partial charge in [0.1, 0.15) is 12.2 Å². The quantitative estimate of drug-likeness (QED) is 0.212. The van der Waals surface area contributed by atoms with E-state index in [1.54, 1.807) is 60.7 Å². The average Bonchev–Trinajstić information content (AvgIpc) is 3.65. The van der Waals surface area contributed by atoms with E-state index in [1.165, 1.54) is 0 Å². The molecule has 0 bridgehead atoms. The van der Waals surface area contributed by atoms with Crippen molar-refractivity contribution in [2.24, 2.45) is 0 Å². The molecule has 0 spiro atoms. The molecule has 2 aliphatic rings. The smallest absolute Gasteiger partial charge is 0.352 e. The maximum atomic E-state index is 12.9. The van der Waals surface area contributed by atoms with Crippen LogP contribution in [-0.4, -0.2) is 36.1 Å². The number of hydrogen-bond donors (Lipinski definition) is 0. The molecule has 0 amide bonds. The number of hydrogen-bond acceptors (Lipinski definition) is 8. The summed E-state index contributed by atoms with van der Waals surface area (Å²) in [7, 11) is 0. The normalized spacial score (nSPS) is 17.1. The first-order chi connectivity index (χ1) is 18.9. The van der Waals surface area contributed by atoms with Gasteiger partial charge in [-0.15, -0.1) is 0 Å². The molecule has 2 fully saturated rings. The van der Waals surface area contributed by atoms with Crippen molar-refractivity contribution < 1.29 is 38.1 Å². The molecule has 4 rings (SSSR count). The van der Waals surface area contributed by atoms with Gasteiger partial charge >= 0.3 is 23.9 Å². The Morgan fingerprint density at radius 3 is 1.51 bits per heavy atom. The van der Waals surface area contributed by atoms with Crippen molar-refractivity contribution in [1.82, 2.24) is 0 Å². The van der Waals surface area contributed by atoms with E-state index in [0.29, 0.717) is 11.1 Å². The zero-order valence-electron chi connectivity index (χ0n) is 21.9. The number of ether oxygens (including phenoxy) is 4. The molecule has 2 aliphatic carbocycles. The Kier molecular flexibility index (Phi) is 9.89. The summed E-state index contributed by atoms with van der Waals surface area (Å²) in [5.41, 5.74) is 0.689. The summed E-state index contributed by atoms with van der Waals surface area (Å²) in [6.45, 7) is 3.67. The maximum absolute atomic E-state index is 12.9. The molecule has 2 aromatic rings. The Balaban J connectivity index is 1.39. The van der Waals surface area contributed by atoms with Gasteiger partial charge in [0.25, 0.3) is 0 Å². The first-order valence-corrected chi connectivity index (χ1v) is 13.5. The Bertz CT molecular complexity index is 1150. The summed E-state index contributed by atoms with van der Waals surface area (Å²) in [6.07, 6.45) is 3.48. The highest BCUT2D eigenvalue weighted by Gasteiger charge is 2.33. The predicted octanol–water partition coefficient (Wildman–Crippen LogP) is 5.47. The highest BCUT2D eigenvalue weighted by molar-refractivity contribution is 5.95. The number of benzene rings is 2. The van der Waals surface area contributed by atoms with Gasteiger partial charge < -0.3 is 18.9 Å². The van der Waals surface area contributed by atoms with Crippen molar-refractivity contribution in [2.45, 2.75) is 82.2 Å². The Labute approximate surface area is 228 Å². The van der Waals surface area contributed by atoms with Crippen LogP contribution in [0.5, 0.6) is 0 Å². The Morgan fingerprint density at radius 2 is 1.08 bits per heavy atom. The Morgan fingerprint density at radius 1 is 0.667 bits per heavy atom. The van der Waals surface area contributed by atoms with Crippen LogP contribution in [0.1, 0.15) is 81.1 Å². The fourth-order valence-corrected chi connectivity index (χ4v) is 4.83. The van der Waals surface area contributed by atoms with E-state index in [-0.39, 0.29) is 17.8 Å². The van der Waals surface area contributed by atoms with Crippen LogP contribution < -0.4 is 0 Å². The average molecular weight is 535 g/mol. The fourth-order valence-electron chi connectivity index (χ4n) is 4.83. The summed E-state index contributed by atoms with van der Waals surface area (Å²) >= 11 is 0. The SMILES string of the molecule is C=C(CC(=O)OC(C(=O)OC1CCCC1)c1ccccc1)C(=O)OC(C(=O)OC1CCCC1)c1ccccc1. The van der Waals surface area contributed by atoms with Crippen LogP contribution in [0.15, 0.2) is 72.8 Å². The van der Waals surface area contributed by atoms with E-state index in [0.717, 1.165) is 51.4 Å². The fraction of sp³-hybridized carbons (Fsp3) is 0.419. The second-order valence-electron chi connectivity index (χ2n) is 9.94. The van der Waals surface area contributed by atoms with Crippen LogP contribution in [0.3, 0.4) is 0 Å². The lowest BCUT2D eigenvalue weighted by Gasteiger charge is -2.21. The van der Waals surface area contributed by atoms with Gasteiger partial charge in [-0.1, -0.05) is 67.2 Å². The van der Waals surface area contributed by atoms with Crippen molar-refractivity contribution in [1.29, 1.82) is 0 Å². The van der Waals surface area contributed by atoms with Crippen LogP contribution in [0.2, 0.25) is 0 Å². The monoisotopic (exact) mass is 534 g/mol. The van der Waals surface area contributed by atoms with Crippen LogP contribution in [0.4, 0.5) is 0 Å². The molecule has 0 N–H and O–H groups in total. The van der Waals surface area contributed by atoms with E-state index >= 15 is 0 Å². The van der Waals surface area contributed by atoms with Crippen molar-refractivity contribution in [3.63, 3.8) is 0 Å². The van der Waals surface area contributed by atoms with Crippen molar-refractivity contribution in [3.05, 3.63) is 83.9 Å². The van der Waals surface area contributed by atoms with Crippen molar-refractivity contribution in [2.75, 3.05) is 0 Å². The molecule has 0 aromatic heterocycles. The van der Waals surface area contributed by atoms with Crippen molar-refractivity contribution in [3.8, 4) is 0 Å². The third-order valence-corrected chi connectivity index (χ3v) is 6.92. The molecule has 206 valence electrons. The molecule has 0 saturated heterocycles. The van der Waals surface area contributed by atoms with Crippen molar-refractivity contribution >= 4 is 23.9 Å². The van der Waals surface area contributed by atoms with E-state index in [1.807, 2.05) is 0 Å². The largest absolute Gasteiger partial charge is 0.459 e. The third kappa shape index (κ3) is 8.02. The van der Waals surface area contributed by atoms with E-state index in [2.05, 4.69) is 6.58 Å². The second kappa shape index (κ2) is 13.7. The molecule has 2 atom stereocenters. The number of rotatable bonds is 11. The van der Waals surface area contributed by atoms with Gasteiger partial charge in [0, 0.05) is 16.7 Å². The van der Waals surface area contributed by atoms with E-state index in [4.69, 9.17) is 18.9 Å². The minimum atomic E-state index is -1.30. The third-order valence-electron chi connectivity index (χ3n) is 6.92. The first kappa shape index (κ1) is 28.1. The van der Waals surface area contributed by atoms with E-state index < -0.39 is 42.5 Å². The van der Waals surface area contributed by atoms with Gasteiger partial charge in [-0.25, -0.2) is 14.4 Å². The summed E-state index contributed by atoms with van der Waals surface area (Å²) < 4.78 is 22.1. The summed E-state index contributed by atoms with van der Waals surface area (Å²) in [5, 5.41) is 0. The molecule has 2 aromatic carbocycles. The number of esters is 4. The molecule has 2 unspecified atom stereocenters. The minimum Gasteiger partial charge on any atom is -0.459 e. The lowest BCUT2D eigenvalue weighted by molar-refractivity contribution is -0.173. The summed E-state index contributed by atoms with van der Waals surface area (Å²) in [6, 6.07) is 17.1.